The molecule has 0 atom stereocenters. The van der Waals surface area contributed by atoms with Crippen molar-refractivity contribution in [3.63, 3.8) is 0 Å². The first kappa shape index (κ1) is 19.1. The molecule has 0 aliphatic carbocycles. The SMILES string of the molecule is CN(CC(=O)Nc1ccc(Cl)cc1)C(=O)C=Cc1cccc([N+](=O)[O-])c1. The number of carbonyl (C=O) groups is 2. The maximum Gasteiger partial charge on any atom is 0.270 e. The summed E-state index contributed by atoms with van der Waals surface area (Å²) < 4.78 is 0. The van der Waals surface area contributed by atoms with E-state index in [4.69, 9.17) is 11.6 Å². The molecule has 2 aromatic rings. The standard InChI is InChI=1S/C18H16ClN3O4/c1-21(12-17(23)20-15-8-6-14(19)7-9-15)18(24)10-5-13-3-2-4-16(11-13)22(25)26/h2-11H,12H2,1H3,(H,20,23). The van der Waals surface area contributed by atoms with Crippen LogP contribution in [0.5, 0.6) is 0 Å². The highest BCUT2D eigenvalue weighted by molar-refractivity contribution is 6.30. The molecule has 0 saturated carbocycles. The molecule has 1 N–H and O–H groups in total. The minimum atomic E-state index is -0.508. The lowest BCUT2D eigenvalue weighted by atomic mass is 10.2. The molecule has 0 aliphatic rings. The fraction of sp³-hybridized carbons (Fsp3) is 0.111. The molecule has 0 aromatic heterocycles. The van der Waals surface area contributed by atoms with Crippen LogP contribution in [0.2, 0.25) is 5.02 Å². The Bertz CT molecular complexity index is 850. The largest absolute Gasteiger partial charge is 0.333 e. The molecule has 2 rings (SSSR count). The average Bonchev–Trinajstić information content (AvgIpc) is 2.61. The van der Waals surface area contributed by atoms with Gasteiger partial charge in [0.25, 0.3) is 5.69 Å². The van der Waals surface area contributed by atoms with Gasteiger partial charge in [-0.1, -0.05) is 23.7 Å². The van der Waals surface area contributed by atoms with Crippen molar-refractivity contribution in [2.45, 2.75) is 0 Å². The van der Waals surface area contributed by atoms with Gasteiger partial charge in [-0.15, -0.1) is 0 Å². The number of hydrogen-bond acceptors (Lipinski definition) is 4. The van der Waals surface area contributed by atoms with Gasteiger partial charge in [0.1, 0.15) is 0 Å². The number of likely N-dealkylation sites (N-methyl/N-ethyl adjacent to an activating group) is 1. The van der Waals surface area contributed by atoms with Crippen LogP contribution in [-0.4, -0.2) is 35.2 Å². The van der Waals surface area contributed by atoms with Gasteiger partial charge in [-0.2, -0.15) is 0 Å². The number of rotatable bonds is 6. The van der Waals surface area contributed by atoms with Crippen molar-refractivity contribution < 1.29 is 14.5 Å². The molecule has 0 saturated heterocycles. The third-order valence-electron chi connectivity index (χ3n) is 3.38. The molecular weight excluding hydrogens is 358 g/mol. The van der Waals surface area contributed by atoms with Gasteiger partial charge in [-0.05, 0) is 35.9 Å². The van der Waals surface area contributed by atoms with Crippen LogP contribution in [0.1, 0.15) is 5.56 Å². The van der Waals surface area contributed by atoms with E-state index >= 15 is 0 Å². The topological polar surface area (TPSA) is 92.6 Å². The Hall–Kier alpha value is -3.19. The Balaban J connectivity index is 1.92. The highest BCUT2D eigenvalue weighted by Gasteiger charge is 2.11. The monoisotopic (exact) mass is 373 g/mol. The van der Waals surface area contributed by atoms with E-state index in [0.717, 1.165) is 0 Å². The number of hydrogen-bond donors (Lipinski definition) is 1. The Morgan fingerprint density at radius 3 is 2.58 bits per heavy atom. The van der Waals surface area contributed by atoms with E-state index in [0.29, 0.717) is 16.3 Å². The Labute approximate surface area is 155 Å². The van der Waals surface area contributed by atoms with Crippen molar-refractivity contribution in [1.29, 1.82) is 0 Å². The third-order valence-corrected chi connectivity index (χ3v) is 3.64. The summed E-state index contributed by atoms with van der Waals surface area (Å²) in [4.78, 5) is 35.5. The third kappa shape index (κ3) is 5.71. The number of non-ortho nitro benzene ring substituents is 1. The van der Waals surface area contributed by atoms with Crippen molar-refractivity contribution >= 4 is 40.9 Å². The average molecular weight is 374 g/mol. The van der Waals surface area contributed by atoms with Crippen molar-refractivity contribution in [2.75, 3.05) is 18.9 Å². The lowest BCUT2D eigenvalue weighted by molar-refractivity contribution is -0.384. The van der Waals surface area contributed by atoms with Crippen LogP contribution in [-0.2, 0) is 9.59 Å². The summed E-state index contributed by atoms with van der Waals surface area (Å²) >= 11 is 5.78. The van der Waals surface area contributed by atoms with Gasteiger partial charge < -0.3 is 10.2 Å². The molecule has 2 amide bonds. The van der Waals surface area contributed by atoms with Crippen LogP contribution in [0.15, 0.2) is 54.6 Å². The maximum absolute atomic E-state index is 12.1. The molecule has 0 radical (unpaired) electrons. The molecule has 0 unspecified atom stereocenters. The first-order valence-electron chi connectivity index (χ1n) is 7.58. The van der Waals surface area contributed by atoms with Crippen molar-refractivity contribution in [2.24, 2.45) is 0 Å². The maximum atomic E-state index is 12.1. The van der Waals surface area contributed by atoms with Gasteiger partial charge in [0.15, 0.2) is 0 Å². The molecule has 0 bridgehead atoms. The molecule has 26 heavy (non-hydrogen) atoms. The summed E-state index contributed by atoms with van der Waals surface area (Å²) in [6, 6.07) is 12.5. The van der Waals surface area contributed by atoms with E-state index in [1.807, 2.05) is 0 Å². The summed E-state index contributed by atoms with van der Waals surface area (Å²) in [5.74, 6) is -0.755. The number of nitro benzene ring substituents is 1. The van der Waals surface area contributed by atoms with Crippen molar-refractivity contribution in [1.82, 2.24) is 4.90 Å². The molecule has 0 spiro atoms. The quantitative estimate of drug-likeness (QED) is 0.477. The van der Waals surface area contributed by atoms with Crippen LogP contribution in [0.3, 0.4) is 0 Å². The van der Waals surface area contributed by atoms with E-state index < -0.39 is 10.8 Å². The second-order valence-electron chi connectivity index (χ2n) is 5.43. The van der Waals surface area contributed by atoms with Gasteiger partial charge in [0.2, 0.25) is 11.8 Å². The summed E-state index contributed by atoms with van der Waals surface area (Å²) in [5, 5.41) is 14.0. The summed E-state index contributed by atoms with van der Waals surface area (Å²) in [6.45, 7) is -0.138. The van der Waals surface area contributed by atoms with Gasteiger partial charge in [0.05, 0.1) is 11.5 Å². The molecule has 134 valence electrons. The Morgan fingerprint density at radius 1 is 1.23 bits per heavy atom. The molecule has 0 fully saturated rings. The van der Waals surface area contributed by atoms with Gasteiger partial charge in [-0.25, -0.2) is 0 Å². The van der Waals surface area contributed by atoms with Gasteiger partial charge in [-0.3, -0.25) is 19.7 Å². The minimum absolute atomic E-state index is 0.0599. The molecule has 8 heteroatoms. The molecular formula is C18H16ClN3O4. The normalized spacial score (nSPS) is 10.5. The zero-order valence-corrected chi connectivity index (χ0v) is 14.6. The van der Waals surface area contributed by atoms with Crippen LogP contribution in [0, 0.1) is 10.1 Å². The van der Waals surface area contributed by atoms with Gasteiger partial charge in [0, 0.05) is 36.0 Å². The zero-order chi connectivity index (χ0) is 19.1. The van der Waals surface area contributed by atoms with Gasteiger partial charge >= 0.3 is 0 Å². The number of nitrogens with zero attached hydrogens (tertiary/aromatic N) is 2. The number of amides is 2. The van der Waals surface area contributed by atoms with E-state index in [1.165, 1.54) is 42.3 Å². The number of halogens is 1. The first-order chi connectivity index (χ1) is 12.3. The number of carbonyl (C=O) groups excluding carboxylic acids is 2. The van der Waals surface area contributed by atoms with Crippen LogP contribution in [0.4, 0.5) is 11.4 Å². The molecule has 0 heterocycles. The number of benzene rings is 2. The lowest BCUT2D eigenvalue weighted by Gasteiger charge is -2.14. The van der Waals surface area contributed by atoms with Crippen LogP contribution >= 0.6 is 11.6 Å². The van der Waals surface area contributed by atoms with Crippen molar-refractivity contribution in [3.8, 4) is 0 Å². The van der Waals surface area contributed by atoms with E-state index in [2.05, 4.69) is 5.32 Å². The molecule has 0 aliphatic heterocycles. The lowest BCUT2D eigenvalue weighted by Crippen LogP contribution is -2.33. The fourth-order valence-corrected chi connectivity index (χ4v) is 2.19. The number of nitro groups is 1. The predicted octanol–water partition coefficient (Wildman–Crippen LogP) is 3.36. The summed E-state index contributed by atoms with van der Waals surface area (Å²) in [5.41, 5.74) is 1.04. The minimum Gasteiger partial charge on any atom is -0.333 e. The van der Waals surface area contributed by atoms with E-state index in [9.17, 15) is 19.7 Å². The predicted molar refractivity (Wildman–Crippen MR) is 99.8 cm³/mol. The second-order valence-corrected chi connectivity index (χ2v) is 5.87. The molecule has 7 nitrogen and oxygen atoms in total. The zero-order valence-electron chi connectivity index (χ0n) is 13.9. The van der Waals surface area contributed by atoms with E-state index in [1.54, 1.807) is 30.3 Å². The van der Waals surface area contributed by atoms with Crippen LogP contribution in [0.25, 0.3) is 6.08 Å². The smallest absolute Gasteiger partial charge is 0.270 e. The molecule has 2 aromatic carbocycles. The highest BCUT2D eigenvalue weighted by Crippen LogP contribution is 2.15. The summed E-state index contributed by atoms with van der Waals surface area (Å²) in [6.07, 6.45) is 2.72. The van der Waals surface area contributed by atoms with E-state index in [-0.39, 0.29) is 18.1 Å². The Morgan fingerprint density at radius 2 is 1.92 bits per heavy atom. The van der Waals surface area contributed by atoms with Crippen molar-refractivity contribution in [3.05, 3.63) is 75.3 Å². The fourth-order valence-electron chi connectivity index (χ4n) is 2.06. The Kier molecular flexibility index (Phi) is 6.46. The second kappa shape index (κ2) is 8.77. The summed E-state index contributed by atoms with van der Waals surface area (Å²) in [7, 11) is 1.49. The highest BCUT2D eigenvalue weighted by atomic mass is 35.5. The van der Waals surface area contributed by atoms with Crippen LogP contribution < -0.4 is 5.32 Å². The first-order valence-corrected chi connectivity index (χ1v) is 7.96. The number of nitrogens with one attached hydrogen (secondary N) is 1. The number of anilines is 1.